The minimum atomic E-state index is 0.256. The Hall–Kier alpha value is -1.32. The first-order chi connectivity index (χ1) is 9.11. The molecule has 1 aromatic heterocycles. The largest absolute Gasteiger partial charge is 0.496 e. The van der Waals surface area contributed by atoms with E-state index in [1.165, 1.54) is 16.0 Å². The maximum atomic E-state index is 5.46. The topological polar surface area (TPSA) is 21.3 Å². The number of methoxy groups -OCH3 is 1. The Kier molecular flexibility index (Phi) is 4.61. The molecule has 0 aliphatic carbocycles. The predicted octanol–water partition coefficient (Wildman–Crippen LogP) is 4.48. The van der Waals surface area contributed by atoms with Crippen LogP contribution in [0.15, 0.2) is 35.7 Å². The monoisotopic (exact) mass is 275 g/mol. The van der Waals surface area contributed by atoms with Gasteiger partial charge >= 0.3 is 0 Å². The molecule has 0 spiro atoms. The summed E-state index contributed by atoms with van der Waals surface area (Å²) >= 11 is 1.79. The Labute approximate surface area is 119 Å². The fourth-order valence-electron chi connectivity index (χ4n) is 2.28. The molecule has 0 aliphatic rings. The van der Waals surface area contributed by atoms with Crippen molar-refractivity contribution in [3.63, 3.8) is 0 Å². The minimum absolute atomic E-state index is 0.256. The van der Waals surface area contributed by atoms with Crippen LogP contribution in [0.1, 0.15) is 41.9 Å². The highest BCUT2D eigenvalue weighted by Crippen LogP contribution is 2.29. The van der Waals surface area contributed by atoms with Crippen LogP contribution >= 0.6 is 11.3 Å². The van der Waals surface area contributed by atoms with Crippen molar-refractivity contribution in [3.8, 4) is 5.75 Å². The van der Waals surface area contributed by atoms with Crippen molar-refractivity contribution in [2.75, 3.05) is 7.11 Å². The van der Waals surface area contributed by atoms with Crippen LogP contribution in [0.4, 0.5) is 0 Å². The Bertz CT molecular complexity index is 522. The van der Waals surface area contributed by atoms with Crippen molar-refractivity contribution in [2.24, 2.45) is 0 Å². The van der Waals surface area contributed by atoms with Gasteiger partial charge in [-0.3, -0.25) is 0 Å². The third-order valence-electron chi connectivity index (χ3n) is 3.32. The van der Waals surface area contributed by atoms with Crippen LogP contribution in [0.3, 0.4) is 0 Å². The van der Waals surface area contributed by atoms with Crippen molar-refractivity contribution in [1.82, 2.24) is 5.32 Å². The van der Waals surface area contributed by atoms with Gasteiger partial charge in [-0.25, -0.2) is 0 Å². The zero-order valence-electron chi connectivity index (χ0n) is 11.9. The molecular weight excluding hydrogens is 254 g/mol. The van der Waals surface area contributed by atoms with E-state index < -0.39 is 0 Å². The first-order valence-electron chi connectivity index (χ1n) is 6.55. The number of rotatable bonds is 5. The number of benzene rings is 1. The quantitative estimate of drug-likeness (QED) is 0.869. The average Bonchev–Trinajstić information content (AvgIpc) is 2.92. The molecule has 2 aromatic rings. The lowest BCUT2D eigenvalue weighted by atomic mass is 10.0. The van der Waals surface area contributed by atoms with Gasteiger partial charge < -0.3 is 10.1 Å². The van der Waals surface area contributed by atoms with Gasteiger partial charge in [-0.15, -0.1) is 11.3 Å². The number of hydrogen-bond acceptors (Lipinski definition) is 3. The van der Waals surface area contributed by atoms with E-state index in [1.54, 1.807) is 18.4 Å². The van der Waals surface area contributed by atoms with Crippen LogP contribution in [-0.4, -0.2) is 7.11 Å². The van der Waals surface area contributed by atoms with Crippen molar-refractivity contribution >= 4 is 11.3 Å². The first-order valence-corrected chi connectivity index (χ1v) is 7.43. The number of hydrogen-bond donors (Lipinski definition) is 1. The van der Waals surface area contributed by atoms with Gasteiger partial charge in [0.2, 0.25) is 0 Å². The molecule has 0 saturated heterocycles. The molecule has 0 radical (unpaired) electrons. The van der Waals surface area contributed by atoms with Gasteiger partial charge in [0.15, 0.2) is 0 Å². The van der Waals surface area contributed by atoms with Crippen molar-refractivity contribution in [1.29, 1.82) is 0 Å². The molecule has 2 rings (SSSR count). The maximum Gasteiger partial charge on any atom is 0.123 e. The summed E-state index contributed by atoms with van der Waals surface area (Å²) < 4.78 is 5.46. The molecule has 0 aliphatic heterocycles. The zero-order chi connectivity index (χ0) is 13.8. The molecule has 1 aromatic carbocycles. The summed E-state index contributed by atoms with van der Waals surface area (Å²) in [4.78, 5) is 1.36. The normalized spacial score (nSPS) is 14.1. The molecule has 1 N–H and O–H groups in total. The van der Waals surface area contributed by atoms with Crippen molar-refractivity contribution in [2.45, 2.75) is 32.9 Å². The van der Waals surface area contributed by atoms with E-state index in [9.17, 15) is 0 Å². The van der Waals surface area contributed by atoms with Crippen molar-refractivity contribution in [3.05, 3.63) is 51.7 Å². The van der Waals surface area contributed by atoms with Crippen molar-refractivity contribution < 1.29 is 4.74 Å². The van der Waals surface area contributed by atoms with Crippen LogP contribution in [0.2, 0.25) is 0 Å². The summed E-state index contributed by atoms with van der Waals surface area (Å²) in [5.74, 6) is 0.948. The highest BCUT2D eigenvalue weighted by Gasteiger charge is 2.15. The summed E-state index contributed by atoms with van der Waals surface area (Å²) in [7, 11) is 1.73. The Morgan fingerprint density at radius 2 is 1.95 bits per heavy atom. The molecule has 1 heterocycles. The fourth-order valence-corrected chi connectivity index (χ4v) is 3.02. The summed E-state index contributed by atoms with van der Waals surface area (Å²) in [6.45, 7) is 6.49. The third kappa shape index (κ3) is 3.37. The van der Waals surface area contributed by atoms with E-state index in [-0.39, 0.29) is 6.04 Å². The molecule has 0 saturated carbocycles. The third-order valence-corrected chi connectivity index (χ3v) is 4.38. The lowest BCUT2D eigenvalue weighted by molar-refractivity contribution is 0.397. The summed E-state index contributed by atoms with van der Waals surface area (Å²) in [6.07, 6.45) is 0. The SMILES string of the molecule is COc1ccc(C)cc1C(C)N[C@@H](C)c1cccs1. The smallest absolute Gasteiger partial charge is 0.123 e. The molecule has 19 heavy (non-hydrogen) atoms. The van der Waals surface area contributed by atoms with E-state index in [0.717, 1.165) is 5.75 Å². The zero-order valence-corrected chi connectivity index (χ0v) is 12.8. The lowest BCUT2D eigenvalue weighted by Crippen LogP contribution is -2.22. The molecule has 1 unspecified atom stereocenters. The highest BCUT2D eigenvalue weighted by atomic mass is 32.1. The van der Waals surface area contributed by atoms with Crippen LogP contribution < -0.4 is 10.1 Å². The second-order valence-corrected chi connectivity index (χ2v) is 5.85. The minimum Gasteiger partial charge on any atom is -0.496 e. The second kappa shape index (κ2) is 6.22. The van der Waals surface area contributed by atoms with Gasteiger partial charge in [0.05, 0.1) is 7.11 Å². The fraction of sp³-hybridized carbons (Fsp3) is 0.375. The van der Waals surface area contributed by atoms with Gasteiger partial charge in [0.25, 0.3) is 0 Å². The second-order valence-electron chi connectivity index (χ2n) is 4.87. The molecular formula is C16H21NOS. The Morgan fingerprint density at radius 1 is 1.16 bits per heavy atom. The average molecular weight is 275 g/mol. The molecule has 3 heteroatoms. The molecule has 0 bridgehead atoms. The van der Waals surface area contributed by atoms with Gasteiger partial charge in [-0.1, -0.05) is 23.8 Å². The molecule has 0 fully saturated rings. The van der Waals surface area contributed by atoms with Gasteiger partial charge in [0.1, 0.15) is 5.75 Å². The summed E-state index contributed by atoms with van der Waals surface area (Å²) in [5, 5.41) is 5.75. The molecule has 2 nitrogen and oxygen atoms in total. The molecule has 102 valence electrons. The van der Waals surface area contributed by atoms with E-state index in [1.807, 2.05) is 6.07 Å². The van der Waals surface area contributed by atoms with Crippen LogP contribution in [0.25, 0.3) is 0 Å². The molecule has 2 atom stereocenters. The number of nitrogens with one attached hydrogen (secondary N) is 1. The van der Waals surface area contributed by atoms with E-state index >= 15 is 0 Å². The molecule has 0 amide bonds. The Balaban J connectivity index is 2.15. The van der Waals surface area contributed by atoms with E-state index in [2.05, 4.69) is 55.7 Å². The lowest BCUT2D eigenvalue weighted by Gasteiger charge is -2.21. The van der Waals surface area contributed by atoms with Crippen LogP contribution in [0.5, 0.6) is 5.75 Å². The van der Waals surface area contributed by atoms with E-state index in [4.69, 9.17) is 4.74 Å². The number of aryl methyl sites for hydroxylation is 1. The van der Waals surface area contributed by atoms with E-state index in [0.29, 0.717) is 6.04 Å². The van der Waals surface area contributed by atoms with Gasteiger partial charge in [0, 0.05) is 22.5 Å². The van der Waals surface area contributed by atoms with Crippen LogP contribution in [-0.2, 0) is 0 Å². The van der Waals surface area contributed by atoms with Gasteiger partial charge in [-0.2, -0.15) is 0 Å². The predicted molar refractivity (Wildman–Crippen MR) is 82.0 cm³/mol. The summed E-state index contributed by atoms with van der Waals surface area (Å²) in [6, 6.07) is 11.2. The first kappa shape index (κ1) is 14.1. The number of ether oxygens (including phenoxy) is 1. The standard InChI is InChI=1S/C16H21NOS/c1-11-7-8-15(18-4)14(10-11)12(2)17-13(3)16-6-5-9-19-16/h5-10,12-13,17H,1-4H3/t12?,13-/m0/s1. The maximum absolute atomic E-state index is 5.46. The van der Waals surface area contributed by atoms with Gasteiger partial charge in [-0.05, 0) is 38.3 Å². The Morgan fingerprint density at radius 3 is 2.58 bits per heavy atom. The number of thiophene rings is 1. The highest BCUT2D eigenvalue weighted by molar-refractivity contribution is 7.10. The van der Waals surface area contributed by atoms with Crippen LogP contribution in [0, 0.1) is 6.92 Å². The summed E-state index contributed by atoms with van der Waals surface area (Å²) in [5.41, 5.74) is 2.47.